The molecular formula is C43H25N3O. The van der Waals surface area contributed by atoms with E-state index in [4.69, 9.17) is 4.42 Å². The Kier molecular flexibility index (Phi) is 5.32. The molecule has 47 heavy (non-hydrogen) atoms. The maximum absolute atomic E-state index is 9.83. The van der Waals surface area contributed by atoms with Crippen LogP contribution in [-0.4, -0.2) is 9.13 Å². The number of aromatic nitrogens is 2. The molecule has 10 aromatic rings. The number of furan rings is 1. The molecule has 0 saturated heterocycles. The molecule has 0 bridgehead atoms. The number of benzene rings is 7. The highest BCUT2D eigenvalue weighted by molar-refractivity contribution is 6.25. The van der Waals surface area contributed by atoms with Gasteiger partial charge in [0.15, 0.2) is 5.58 Å². The Labute approximate surface area is 269 Å². The molecule has 0 unspecified atom stereocenters. The van der Waals surface area contributed by atoms with Crippen LogP contribution < -0.4 is 0 Å². The highest BCUT2D eigenvalue weighted by Gasteiger charge is 2.20. The fraction of sp³-hybridized carbons (Fsp3) is 0. The first-order valence-corrected chi connectivity index (χ1v) is 15.8. The summed E-state index contributed by atoms with van der Waals surface area (Å²) in [6.45, 7) is 0. The Bertz CT molecular complexity index is 2880. The third-order valence-electron chi connectivity index (χ3n) is 9.54. The van der Waals surface area contributed by atoms with Crippen molar-refractivity contribution in [1.29, 1.82) is 5.26 Å². The molecule has 3 heterocycles. The van der Waals surface area contributed by atoms with Crippen molar-refractivity contribution < 1.29 is 4.42 Å². The first kappa shape index (κ1) is 25.7. The van der Waals surface area contributed by atoms with Crippen LogP contribution in [0.3, 0.4) is 0 Å². The topological polar surface area (TPSA) is 46.8 Å². The fourth-order valence-corrected chi connectivity index (χ4v) is 7.54. The Hall–Kier alpha value is -6.57. The van der Waals surface area contributed by atoms with E-state index in [0.29, 0.717) is 11.1 Å². The highest BCUT2D eigenvalue weighted by Crippen LogP contribution is 2.42. The summed E-state index contributed by atoms with van der Waals surface area (Å²) < 4.78 is 11.0. The summed E-state index contributed by atoms with van der Waals surface area (Å²) in [5.74, 6) is 0. The van der Waals surface area contributed by atoms with E-state index in [1.807, 2.05) is 18.2 Å². The van der Waals surface area contributed by atoms with Crippen molar-refractivity contribution in [2.75, 3.05) is 0 Å². The fourth-order valence-electron chi connectivity index (χ4n) is 7.54. The Morgan fingerprint density at radius 1 is 0.468 bits per heavy atom. The second-order valence-electron chi connectivity index (χ2n) is 12.1. The predicted molar refractivity (Wildman–Crippen MR) is 193 cm³/mol. The van der Waals surface area contributed by atoms with Crippen molar-refractivity contribution in [2.24, 2.45) is 0 Å². The molecule has 3 aromatic heterocycles. The van der Waals surface area contributed by atoms with Gasteiger partial charge in [-0.1, -0.05) is 91.0 Å². The molecule has 0 N–H and O–H groups in total. The van der Waals surface area contributed by atoms with Gasteiger partial charge in [-0.25, -0.2) is 0 Å². The molecule has 0 aliphatic carbocycles. The number of hydrogen-bond donors (Lipinski definition) is 0. The van der Waals surface area contributed by atoms with Crippen LogP contribution in [-0.2, 0) is 0 Å². The predicted octanol–water partition coefficient (Wildman–Crippen LogP) is 11.3. The standard InChI is InChI=1S/C43H25N3O/c44-26-29-12-9-18-36-41-40(47-43(29)36)23-22-35-34-17-3-6-21-39(34)46(42(35)41)31-14-8-11-28(25-31)27-10-7-13-30(24-27)45-37-19-4-1-15-32(37)33-16-2-5-20-38(33)45/h1-25H. The summed E-state index contributed by atoms with van der Waals surface area (Å²) >= 11 is 0. The summed E-state index contributed by atoms with van der Waals surface area (Å²) in [6, 6.07) is 55.7. The molecule has 4 nitrogen and oxygen atoms in total. The average Bonchev–Trinajstić information content (AvgIpc) is 3.79. The first-order valence-electron chi connectivity index (χ1n) is 15.8. The largest absolute Gasteiger partial charge is 0.455 e. The number of rotatable bonds is 3. The lowest BCUT2D eigenvalue weighted by atomic mass is 10.0. The van der Waals surface area contributed by atoms with Crippen LogP contribution in [0.15, 0.2) is 156 Å². The zero-order valence-corrected chi connectivity index (χ0v) is 25.2. The van der Waals surface area contributed by atoms with Crippen molar-refractivity contribution in [3.8, 4) is 28.6 Å². The molecular weight excluding hydrogens is 574 g/mol. The molecule has 10 rings (SSSR count). The zero-order chi connectivity index (χ0) is 31.1. The highest BCUT2D eigenvalue weighted by atomic mass is 16.3. The average molecular weight is 600 g/mol. The summed E-state index contributed by atoms with van der Waals surface area (Å²) in [7, 11) is 0. The van der Waals surface area contributed by atoms with E-state index < -0.39 is 0 Å². The van der Waals surface area contributed by atoms with Crippen LogP contribution >= 0.6 is 0 Å². The van der Waals surface area contributed by atoms with Crippen molar-refractivity contribution in [2.45, 2.75) is 0 Å². The monoisotopic (exact) mass is 599 g/mol. The number of nitriles is 1. The van der Waals surface area contributed by atoms with Gasteiger partial charge in [-0.15, -0.1) is 0 Å². The third kappa shape index (κ3) is 3.63. The first-order chi connectivity index (χ1) is 23.3. The van der Waals surface area contributed by atoms with Crippen LogP contribution in [0.4, 0.5) is 0 Å². The van der Waals surface area contributed by atoms with Crippen LogP contribution in [0.5, 0.6) is 0 Å². The van der Waals surface area contributed by atoms with Crippen LogP contribution in [0.2, 0.25) is 0 Å². The SMILES string of the molecule is N#Cc1cccc2c1oc1ccc3c4ccccc4n(-c4cccc(-c5cccc(-n6c7ccccc7c7ccccc76)c5)c4)c3c12. The minimum Gasteiger partial charge on any atom is -0.455 e. The molecule has 7 aromatic carbocycles. The molecule has 0 fully saturated rings. The van der Waals surface area contributed by atoms with Gasteiger partial charge in [-0.2, -0.15) is 5.26 Å². The lowest BCUT2D eigenvalue weighted by Gasteiger charge is -2.13. The van der Waals surface area contributed by atoms with Gasteiger partial charge in [0.2, 0.25) is 0 Å². The van der Waals surface area contributed by atoms with Crippen molar-refractivity contribution >= 4 is 65.6 Å². The minimum atomic E-state index is 0.541. The second-order valence-corrected chi connectivity index (χ2v) is 12.1. The number of hydrogen-bond acceptors (Lipinski definition) is 2. The van der Waals surface area contributed by atoms with E-state index in [1.165, 1.54) is 27.2 Å². The van der Waals surface area contributed by atoms with Gasteiger partial charge in [0.05, 0.1) is 33.0 Å². The van der Waals surface area contributed by atoms with E-state index in [2.05, 4.69) is 149 Å². The molecule has 218 valence electrons. The molecule has 4 heteroatoms. The third-order valence-corrected chi connectivity index (χ3v) is 9.54. The van der Waals surface area contributed by atoms with Gasteiger partial charge in [-0.05, 0) is 71.8 Å². The number of nitrogens with zero attached hydrogens (tertiary/aromatic N) is 3. The van der Waals surface area contributed by atoms with Crippen LogP contribution in [0.1, 0.15) is 5.56 Å². The van der Waals surface area contributed by atoms with Crippen LogP contribution in [0, 0.1) is 11.3 Å². The maximum Gasteiger partial charge on any atom is 0.153 e. The van der Waals surface area contributed by atoms with Crippen molar-refractivity contribution in [3.05, 3.63) is 157 Å². The van der Waals surface area contributed by atoms with E-state index in [1.54, 1.807) is 0 Å². The molecule has 0 atom stereocenters. The van der Waals surface area contributed by atoms with Crippen LogP contribution in [0.25, 0.3) is 88.1 Å². The lowest BCUT2D eigenvalue weighted by molar-refractivity contribution is 0.668. The number of fused-ring (bicyclic) bond motifs is 10. The van der Waals surface area contributed by atoms with Gasteiger partial charge in [-0.3, -0.25) is 0 Å². The van der Waals surface area contributed by atoms with Gasteiger partial charge in [0, 0.05) is 38.3 Å². The molecule has 0 aliphatic heterocycles. The molecule has 0 amide bonds. The summed E-state index contributed by atoms with van der Waals surface area (Å²) in [5, 5.41) is 16.6. The summed E-state index contributed by atoms with van der Waals surface area (Å²) in [4.78, 5) is 0. The van der Waals surface area contributed by atoms with E-state index >= 15 is 0 Å². The van der Waals surface area contributed by atoms with E-state index in [0.717, 1.165) is 55.3 Å². The summed E-state index contributed by atoms with van der Waals surface area (Å²) in [5.41, 5.74) is 11.0. The molecule has 0 aliphatic rings. The minimum absolute atomic E-state index is 0.541. The maximum atomic E-state index is 9.83. The van der Waals surface area contributed by atoms with E-state index in [9.17, 15) is 5.26 Å². The van der Waals surface area contributed by atoms with Crippen molar-refractivity contribution in [1.82, 2.24) is 9.13 Å². The Morgan fingerprint density at radius 2 is 1.00 bits per heavy atom. The zero-order valence-electron chi connectivity index (χ0n) is 25.2. The smallest absolute Gasteiger partial charge is 0.153 e. The normalized spacial score (nSPS) is 11.8. The van der Waals surface area contributed by atoms with Crippen molar-refractivity contribution in [3.63, 3.8) is 0 Å². The lowest BCUT2D eigenvalue weighted by Crippen LogP contribution is -1.96. The number of para-hydroxylation sites is 4. The van der Waals surface area contributed by atoms with Gasteiger partial charge >= 0.3 is 0 Å². The Morgan fingerprint density at radius 3 is 1.64 bits per heavy atom. The van der Waals surface area contributed by atoms with Gasteiger partial charge in [0.25, 0.3) is 0 Å². The summed E-state index contributed by atoms with van der Waals surface area (Å²) in [6.07, 6.45) is 0. The second kappa shape index (κ2) is 9.71. The quantitative estimate of drug-likeness (QED) is 0.203. The molecule has 0 radical (unpaired) electrons. The molecule has 0 saturated carbocycles. The van der Waals surface area contributed by atoms with Gasteiger partial charge in [0.1, 0.15) is 11.7 Å². The van der Waals surface area contributed by atoms with E-state index in [-0.39, 0.29) is 0 Å². The Balaban J connectivity index is 1.21. The molecule has 0 spiro atoms. The van der Waals surface area contributed by atoms with Gasteiger partial charge < -0.3 is 13.6 Å².